The average molecular weight is 310 g/mol. The van der Waals surface area contributed by atoms with Crippen LogP contribution in [0, 0.1) is 18.8 Å². The van der Waals surface area contributed by atoms with E-state index in [0.717, 1.165) is 12.0 Å². The third-order valence-corrected chi connectivity index (χ3v) is 5.26. The van der Waals surface area contributed by atoms with E-state index in [1.54, 1.807) is 17.0 Å². The quantitative estimate of drug-likeness (QED) is 0.904. The maximum atomic E-state index is 12.7. The molecule has 1 heterocycles. The molecule has 1 saturated heterocycles. The Bertz CT molecular complexity index is 655. The zero-order chi connectivity index (χ0) is 15.8. The Kier molecular flexibility index (Phi) is 4.39. The van der Waals surface area contributed by atoms with Crippen LogP contribution in [0.3, 0.4) is 0 Å². The fraction of sp³-hybridized carbons (Fsp3) is 0.533. The predicted octanol–water partition coefficient (Wildman–Crippen LogP) is 1.76. The molecule has 116 valence electrons. The fourth-order valence-corrected chi connectivity index (χ4v) is 3.39. The highest BCUT2D eigenvalue weighted by Gasteiger charge is 2.29. The summed E-state index contributed by atoms with van der Waals surface area (Å²) in [6.07, 6.45) is 0.934. The van der Waals surface area contributed by atoms with Crippen molar-refractivity contribution in [2.45, 2.75) is 32.1 Å². The van der Waals surface area contributed by atoms with E-state index < -0.39 is 10.0 Å². The second-order valence-corrected chi connectivity index (χ2v) is 7.57. The number of nitrogens with zero attached hydrogens (tertiary/aromatic N) is 1. The molecule has 1 aliphatic heterocycles. The SMILES string of the molecule is Cc1ccc(S(N)(=O)=O)c(C(=O)N2CCC(C)C(C)C2)c1. The summed E-state index contributed by atoms with van der Waals surface area (Å²) in [6, 6.07) is 4.66. The second-order valence-electron chi connectivity index (χ2n) is 6.04. The van der Waals surface area contributed by atoms with Crippen molar-refractivity contribution in [2.75, 3.05) is 13.1 Å². The van der Waals surface area contributed by atoms with Crippen molar-refractivity contribution in [3.05, 3.63) is 29.3 Å². The molecule has 21 heavy (non-hydrogen) atoms. The van der Waals surface area contributed by atoms with Crippen molar-refractivity contribution in [1.29, 1.82) is 0 Å². The van der Waals surface area contributed by atoms with Gasteiger partial charge >= 0.3 is 0 Å². The van der Waals surface area contributed by atoms with E-state index in [4.69, 9.17) is 5.14 Å². The minimum atomic E-state index is -3.91. The van der Waals surface area contributed by atoms with Gasteiger partial charge in [0.2, 0.25) is 10.0 Å². The number of aryl methyl sites for hydroxylation is 1. The van der Waals surface area contributed by atoms with Crippen molar-refractivity contribution >= 4 is 15.9 Å². The van der Waals surface area contributed by atoms with Crippen LogP contribution >= 0.6 is 0 Å². The van der Waals surface area contributed by atoms with Gasteiger partial charge in [0, 0.05) is 13.1 Å². The number of amides is 1. The van der Waals surface area contributed by atoms with Crippen LogP contribution in [0.25, 0.3) is 0 Å². The van der Waals surface area contributed by atoms with Crippen LogP contribution in [0.1, 0.15) is 36.2 Å². The normalized spacial score (nSPS) is 23.1. The summed E-state index contributed by atoms with van der Waals surface area (Å²) < 4.78 is 23.4. The smallest absolute Gasteiger partial charge is 0.255 e. The van der Waals surface area contributed by atoms with Gasteiger partial charge in [-0.2, -0.15) is 0 Å². The highest BCUT2D eigenvalue weighted by molar-refractivity contribution is 7.89. The van der Waals surface area contributed by atoms with Gasteiger partial charge in [0.15, 0.2) is 0 Å². The third-order valence-electron chi connectivity index (χ3n) is 4.29. The molecular weight excluding hydrogens is 288 g/mol. The average Bonchev–Trinajstić information content (AvgIpc) is 2.39. The van der Waals surface area contributed by atoms with Gasteiger partial charge in [-0.1, -0.05) is 25.5 Å². The van der Waals surface area contributed by atoms with Gasteiger partial charge in [-0.3, -0.25) is 4.79 Å². The van der Waals surface area contributed by atoms with Gasteiger partial charge in [-0.15, -0.1) is 0 Å². The van der Waals surface area contributed by atoms with Crippen LogP contribution in [-0.4, -0.2) is 32.3 Å². The molecule has 2 atom stereocenters. The Morgan fingerprint density at radius 1 is 1.29 bits per heavy atom. The molecule has 0 aromatic heterocycles. The van der Waals surface area contributed by atoms with E-state index in [-0.39, 0.29) is 16.4 Å². The molecular formula is C15H22N2O3S. The molecule has 0 aliphatic carbocycles. The molecule has 0 bridgehead atoms. The zero-order valence-corrected chi connectivity index (χ0v) is 13.5. The summed E-state index contributed by atoms with van der Waals surface area (Å²) in [5.74, 6) is 0.733. The standard InChI is InChI=1S/C15H22N2O3S/c1-10-4-5-14(21(16,19)20)13(8-10)15(18)17-7-6-11(2)12(3)9-17/h4-5,8,11-12H,6-7,9H2,1-3H3,(H2,16,19,20). The van der Waals surface area contributed by atoms with Gasteiger partial charge in [-0.05, 0) is 37.3 Å². The number of sulfonamides is 1. The summed E-state index contributed by atoms with van der Waals surface area (Å²) in [7, 11) is -3.91. The number of hydrogen-bond acceptors (Lipinski definition) is 3. The van der Waals surface area contributed by atoms with Gasteiger partial charge in [0.25, 0.3) is 5.91 Å². The highest BCUT2D eigenvalue weighted by atomic mass is 32.2. The molecule has 2 unspecified atom stereocenters. The first kappa shape index (κ1) is 16.0. The van der Waals surface area contributed by atoms with Crippen LogP contribution in [0.15, 0.2) is 23.1 Å². The fourth-order valence-electron chi connectivity index (χ4n) is 2.68. The number of carbonyl (C=O) groups is 1. The number of carbonyl (C=O) groups excluding carboxylic acids is 1. The lowest BCUT2D eigenvalue weighted by Gasteiger charge is -2.35. The monoisotopic (exact) mass is 310 g/mol. The number of primary sulfonamides is 1. The van der Waals surface area contributed by atoms with Crippen LogP contribution in [0.5, 0.6) is 0 Å². The number of rotatable bonds is 2. The Hall–Kier alpha value is -1.40. The molecule has 1 amide bonds. The van der Waals surface area contributed by atoms with Gasteiger partial charge in [0.05, 0.1) is 10.5 Å². The molecule has 1 aromatic rings. The Labute approximate surface area is 126 Å². The summed E-state index contributed by atoms with van der Waals surface area (Å²) >= 11 is 0. The number of nitrogens with two attached hydrogens (primary N) is 1. The molecule has 0 spiro atoms. The van der Waals surface area contributed by atoms with E-state index >= 15 is 0 Å². The van der Waals surface area contributed by atoms with E-state index in [1.165, 1.54) is 6.07 Å². The van der Waals surface area contributed by atoms with E-state index in [2.05, 4.69) is 13.8 Å². The minimum absolute atomic E-state index is 0.0932. The molecule has 2 N–H and O–H groups in total. The molecule has 0 saturated carbocycles. The van der Waals surface area contributed by atoms with Crippen molar-refractivity contribution < 1.29 is 13.2 Å². The van der Waals surface area contributed by atoms with Gasteiger partial charge in [-0.25, -0.2) is 13.6 Å². The molecule has 1 aliphatic rings. The Balaban J connectivity index is 2.37. The molecule has 2 rings (SSSR count). The first-order valence-electron chi connectivity index (χ1n) is 7.13. The van der Waals surface area contributed by atoms with Crippen LogP contribution in [0.4, 0.5) is 0 Å². The van der Waals surface area contributed by atoms with Gasteiger partial charge in [0.1, 0.15) is 0 Å². The molecule has 1 aromatic carbocycles. The Morgan fingerprint density at radius 3 is 2.52 bits per heavy atom. The predicted molar refractivity (Wildman–Crippen MR) is 81.4 cm³/mol. The highest BCUT2D eigenvalue weighted by Crippen LogP contribution is 2.25. The lowest BCUT2D eigenvalue weighted by molar-refractivity contribution is 0.0623. The first-order valence-corrected chi connectivity index (χ1v) is 8.67. The molecule has 5 nitrogen and oxygen atoms in total. The maximum absolute atomic E-state index is 12.7. The summed E-state index contributed by atoms with van der Waals surface area (Å²) in [4.78, 5) is 14.3. The van der Waals surface area contributed by atoms with Crippen LogP contribution < -0.4 is 5.14 Å². The number of piperidine rings is 1. The van der Waals surface area contributed by atoms with Crippen molar-refractivity contribution in [3.63, 3.8) is 0 Å². The lowest BCUT2D eigenvalue weighted by Crippen LogP contribution is -2.42. The van der Waals surface area contributed by atoms with Gasteiger partial charge < -0.3 is 4.90 Å². The number of hydrogen-bond donors (Lipinski definition) is 1. The number of likely N-dealkylation sites (tertiary alicyclic amines) is 1. The van der Waals surface area contributed by atoms with Crippen molar-refractivity contribution in [2.24, 2.45) is 17.0 Å². The first-order chi connectivity index (χ1) is 9.70. The minimum Gasteiger partial charge on any atom is -0.338 e. The molecule has 6 heteroatoms. The van der Waals surface area contributed by atoms with Crippen LogP contribution in [-0.2, 0) is 10.0 Å². The topological polar surface area (TPSA) is 80.5 Å². The summed E-state index contributed by atoms with van der Waals surface area (Å²) in [5.41, 5.74) is 1.02. The van der Waals surface area contributed by atoms with E-state index in [0.29, 0.717) is 24.9 Å². The van der Waals surface area contributed by atoms with Crippen LogP contribution in [0.2, 0.25) is 0 Å². The third kappa shape index (κ3) is 3.44. The largest absolute Gasteiger partial charge is 0.338 e. The van der Waals surface area contributed by atoms with E-state index in [9.17, 15) is 13.2 Å². The zero-order valence-electron chi connectivity index (χ0n) is 12.7. The van der Waals surface area contributed by atoms with Crippen molar-refractivity contribution in [1.82, 2.24) is 4.90 Å². The van der Waals surface area contributed by atoms with Crippen molar-refractivity contribution in [3.8, 4) is 0 Å². The summed E-state index contributed by atoms with van der Waals surface area (Å²) in [5, 5.41) is 5.23. The Morgan fingerprint density at radius 2 is 1.95 bits per heavy atom. The molecule has 1 fully saturated rings. The maximum Gasteiger partial charge on any atom is 0.255 e. The second kappa shape index (κ2) is 5.77. The lowest BCUT2D eigenvalue weighted by atomic mass is 9.88. The number of benzene rings is 1. The summed E-state index contributed by atoms with van der Waals surface area (Å²) in [6.45, 7) is 7.42. The molecule has 0 radical (unpaired) electrons. The van der Waals surface area contributed by atoms with E-state index in [1.807, 2.05) is 6.92 Å².